The van der Waals surface area contributed by atoms with Crippen LogP contribution < -0.4 is 5.32 Å². The molecule has 0 aromatic heterocycles. The third-order valence-corrected chi connectivity index (χ3v) is 4.96. The van der Waals surface area contributed by atoms with Gasteiger partial charge in [-0.05, 0) is 32.1 Å². The highest BCUT2D eigenvalue weighted by Gasteiger charge is 2.32. The first-order chi connectivity index (χ1) is 10.9. The van der Waals surface area contributed by atoms with Crippen molar-refractivity contribution in [3.05, 3.63) is 0 Å². The number of carboxylic acid groups (broad SMARTS) is 1. The second kappa shape index (κ2) is 7.79. The van der Waals surface area contributed by atoms with Crippen LogP contribution in [-0.2, 0) is 14.4 Å². The van der Waals surface area contributed by atoms with Gasteiger partial charge in [0.2, 0.25) is 11.8 Å². The third kappa shape index (κ3) is 4.94. The van der Waals surface area contributed by atoms with Gasteiger partial charge in [-0.3, -0.25) is 14.4 Å². The van der Waals surface area contributed by atoms with Crippen LogP contribution in [0.15, 0.2) is 0 Å². The summed E-state index contributed by atoms with van der Waals surface area (Å²) in [6, 6.07) is -0.212. The van der Waals surface area contributed by atoms with E-state index in [9.17, 15) is 19.5 Å². The molecule has 6 nitrogen and oxygen atoms in total. The fourth-order valence-electron chi connectivity index (χ4n) is 3.72. The highest BCUT2D eigenvalue weighted by atomic mass is 16.4. The van der Waals surface area contributed by atoms with Crippen LogP contribution in [0.25, 0.3) is 0 Å². The Morgan fingerprint density at radius 3 is 2.43 bits per heavy atom. The first-order valence-corrected chi connectivity index (χ1v) is 8.67. The number of hydrogen-bond donors (Lipinski definition) is 2. The Morgan fingerprint density at radius 1 is 1.17 bits per heavy atom. The van der Waals surface area contributed by atoms with Gasteiger partial charge in [0.15, 0.2) is 0 Å². The molecule has 3 unspecified atom stereocenters. The number of carbonyl (C=O) groups excluding carboxylic acids is 2. The van der Waals surface area contributed by atoms with E-state index in [2.05, 4.69) is 5.32 Å². The quantitative estimate of drug-likeness (QED) is 0.805. The first-order valence-electron chi connectivity index (χ1n) is 8.67. The van der Waals surface area contributed by atoms with Crippen LogP contribution in [-0.4, -0.2) is 46.9 Å². The molecule has 2 fully saturated rings. The van der Waals surface area contributed by atoms with Gasteiger partial charge in [0.05, 0.1) is 5.92 Å². The summed E-state index contributed by atoms with van der Waals surface area (Å²) in [6.45, 7) is 4.70. The van der Waals surface area contributed by atoms with Crippen molar-refractivity contribution in [2.45, 2.75) is 58.4 Å². The molecule has 2 N–H and O–H groups in total. The Balaban J connectivity index is 1.82. The van der Waals surface area contributed by atoms with Crippen LogP contribution in [0.5, 0.6) is 0 Å². The number of nitrogens with one attached hydrogen (secondary N) is 1. The Morgan fingerprint density at radius 2 is 1.83 bits per heavy atom. The van der Waals surface area contributed by atoms with Gasteiger partial charge in [-0.15, -0.1) is 0 Å². The summed E-state index contributed by atoms with van der Waals surface area (Å²) < 4.78 is 0. The normalized spacial score (nSPS) is 26.8. The van der Waals surface area contributed by atoms with Crippen molar-refractivity contribution in [3.8, 4) is 0 Å². The van der Waals surface area contributed by atoms with E-state index >= 15 is 0 Å². The van der Waals surface area contributed by atoms with Gasteiger partial charge in [-0.1, -0.05) is 19.8 Å². The summed E-state index contributed by atoms with van der Waals surface area (Å²) in [5, 5.41) is 12.1. The molecule has 0 spiro atoms. The van der Waals surface area contributed by atoms with Crippen molar-refractivity contribution >= 4 is 17.8 Å². The van der Waals surface area contributed by atoms with Gasteiger partial charge in [-0.2, -0.15) is 0 Å². The third-order valence-electron chi connectivity index (χ3n) is 4.96. The number of nitrogens with zero attached hydrogens (tertiary/aromatic N) is 1. The maximum atomic E-state index is 12.4. The second-order valence-electron chi connectivity index (χ2n) is 7.27. The fraction of sp³-hybridized carbons (Fsp3) is 0.824. The smallest absolute Gasteiger partial charge is 0.308 e. The Labute approximate surface area is 137 Å². The minimum absolute atomic E-state index is 0.0539. The van der Waals surface area contributed by atoms with E-state index in [4.69, 9.17) is 0 Å². The standard InChI is InChI=1S/C17H28N2O4/c1-11-7-14(17(22)23)10-19(9-11)15(20)8-12(2)18-16(21)13-5-3-4-6-13/h11-14H,3-10H2,1-2H3,(H,18,21)(H,22,23). The number of aliphatic carboxylic acids is 1. The topological polar surface area (TPSA) is 86.7 Å². The lowest BCUT2D eigenvalue weighted by molar-refractivity contribution is -0.147. The molecular formula is C17H28N2O4. The summed E-state index contributed by atoms with van der Waals surface area (Å²) >= 11 is 0. The second-order valence-corrected chi connectivity index (χ2v) is 7.27. The highest BCUT2D eigenvalue weighted by Crippen LogP contribution is 2.25. The average molecular weight is 324 g/mol. The number of piperidine rings is 1. The van der Waals surface area contributed by atoms with E-state index in [0.29, 0.717) is 13.0 Å². The first kappa shape index (κ1) is 17.8. The lowest BCUT2D eigenvalue weighted by Crippen LogP contribution is -2.47. The van der Waals surface area contributed by atoms with Crippen LogP contribution >= 0.6 is 0 Å². The summed E-state index contributed by atoms with van der Waals surface area (Å²) in [5.41, 5.74) is 0. The van der Waals surface area contributed by atoms with Gasteiger partial charge < -0.3 is 15.3 Å². The molecule has 2 aliphatic rings. The van der Waals surface area contributed by atoms with Crippen molar-refractivity contribution in [1.82, 2.24) is 10.2 Å². The zero-order valence-corrected chi connectivity index (χ0v) is 14.1. The van der Waals surface area contributed by atoms with Crippen LogP contribution in [0, 0.1) is 17.8 Å². The van der Waals surface area contributed by atoms with E-state index < -0.39 is 11.9 Å². The van der Waals surface area contributed by atoms with E-state index in [-0.39, 0.29) is 42.7 Å². The monoisotopic (exact) mass is 324 g/mol. The number of rotatable bonds is 5. The molecule has 130 valence electrons. The number of carboxylic acids is 1. The molecule has 1 saturated heterocycles. The zero-order chi connectivity index (χ0) is 17.0. The molecule has 0 bridgehead atoms. The SMILES string of the molecule is CC1CC(C(=O)O)CN(C(=O)CC(C)NC(=O)C2CCCC2)C1. The molecule has 2 rings (SSSR count). The molecule has 0 aromatic carbocycles. The van der Waals surface area contributed by atoms with Gasteiger partial charge >= 0.3 is 5.97 Å². The van der Waals surface area contributed by atoms with E-state index in [0.717, 1.165) is 25.7 Å². The van der Waals surface area contributed by atoms with Crippen LogP contribution in [0.2, 0.25) is 0 Å². The van der Waals surface area contributed by atoms with Crippen molar-refractivity contribution in [2.24, 2.45) is 17.8 Å². The van der Waals surface area contributed by atoms with E-state index in [1.165, 1.54) is 0 Å². The maximum Gasteiger partial charge on any atom is 0.308 e. The number of hydrogen-bond acceptors (Lipinski definition) is 3. The van der Waals surface area contributed by atoms with Gasteiger partial charge in [0.1, 0.15) is 0 Å². The molecule has 6 heteroatoms. The van der Waals surface area contributed by atoms with Crippen LogP contribution in [0.3, 0.4) is 0 Å². The molecule has 1 heterocycles. The number of amides is 2. The largest absolute Gasteiger partial charge is 0.481 e. The fourth-order valence-corrected chi connectivity index (χ4v) is 3.72. The molecule has 3 atom stereocenters. The molecule has 0 radical (unpaired) electrons. The summed E-state index contributed by atoms with van der Waals surface area (Å²) in [6.07, 6.45) is 4.94. The van der Waals surface area contributed by atoms with Crippen molar-refractivity contribution in [3.63, 3.8) is 0 Å². The van der Waals surface area contributed by atoms with Crippen molar-refractivity contribution in [1.29, 1.82) is 0 Å². The van der Waals surface area contributed by atoms with Crippen LogP contribution in [0.1, 0.15) is 52.4 Å². The van der Waals surface area contributed by atoms with E-state index in [1.54, 1.807) is 4.90 Å². The molecular weight excluding hydrogens is 296 g/mol. The van der Waals surface area contributed by atoms with Crippen molar-refractivity contribution in [2.75, 3.05) is 13.1 Å². The maximum absolute atomic E-state index is 12.4. The minimum atomic E-state index is -0.836. The Kier molecular flexibility index (Phi) is 6.02. The molecule has 23 heavy (non-hydrogen) atoms. The molecule has 1 aliphatic carbocycles. The predicted octanol–water partition coefficient (Wildman–Crippen LogP) is 1.64. The van der Waals surface area contributed by atoms with Crippen LogP contribution in [0.4, 0.5) is 0 Å². The lowest BCUT2D eigenvalue weighted by atomic mass is 9.90. The number of carbonyl (C=O) groups is 3. The van der Waals surface area contributed by atoms with Gasteiger partial charge in [0.25, 0.3) is 0 Å². The summed E-state index contributed by atoms with van der Waals surface area (Å²) in [4.78, 5) is 37.3. The lowest BCUT2D eigenvalue weighted by Gasteiger charge is -2.35. The molecule has 0 aromatic rings. The Hall–Kier alpha value is -1.59. The minimum Gasteiger partial charge on any atom is -0.481 e. The van der Waals surface area contributed by atoms with Crippen molar-refractivity contribution < 1.29 is 19.5 Å². The molecule has 1 saturated carbocycles. The van der Waals surface area contributed by atoms with Gasteiger partial charge in [0, 0.05) is 31.5 Å². The molecule has 1 aliphatic heterocycles. The Bertz CT molecular complexity index is 460. The highest BCUT2D eigenvalue weighted by molar-refractivity contribution is 5.81. The zero-order valence-electron chi connectivity index (χ0n) is 14.1. The summed E-state index contributed by atoms with van der Waals surface area (Å²) in [7, 11) is 0. The van der Waals surface area contributed by atoms with E-state index in [1.807, 2.05) is 13.8 Å². The predicted molar refractivity (Wildman–Crippen MR) is 85.7 cm³/mol. The van der Waals surface area contributed by atoms with Gasteiger partial charge in [-0.25, -0.2) is 0 Å². The summed E-state index contributed by atoms with van der Waals surface area (Å²) in [5.74, 6) is -1.04. The average Bonchev–Trinajstić information content (AvgIpc) is 3.00. The number of likely N-dealkylation sites (tertiary alicyclic amines) is 1. The molecule has 2 amide bonds.